The summed E-state index contributed by atoms with van der Waals surface area (Å²) < 4.78 is 6.65. The van der Waals surface area contributed by atoms with Crippen LogP contribution in [-0.2, 0) is 13.2 Å². The van der Waals surface area contributed by atoms with E-state index in [0.29, 0.717) is 12.4 Å². The largest absolute Gasteiger partial charge is 0.488 e. The maximum Gasteiger partial charge on any atom is 0.126 e. The minimum atomic E-state index is -0.0165. The Morgan fingerprint density at radius 3 is 2.53 bits per heavy atom. The van der Waals surface area contributed by atoms with E-state index < -0.39 is 0 Å². The first-order chi connectivity index (χ1) is 8.29. The monoisotopic (exact) mass is 292 g/mol. The van der Waals surface area contributed by atoms with Crippen molar-refractivity contribution in [3.63, 3.8) is 0 Å². The standard InChI is InChI=1S/C14H13BrO2/c15-13-7-6-12(9-16)14(8-13)17-10-11-4-2-1-3-5-11/h1-8,16H,9-10H2. The summed E-state index contributed by atoms with van der Waals surface area (Å²) in [6.45, 7) is 0.488. The lowest BCUT2D eigenvalue weighted by Crippen LogP contribution is -1.98. The Balaban J connectivity index is 2.11. The van der Waals surface area contributed by atoms with Gasteiger partial charge < -0.3 is 9.84 Å². The van der Waals surface area contributed by atoms with E-state index in [1.807, 2.05) is 48.5 Å². The van der Waals surface area contributed by atoms with Crippen molar-refractivity contribution in [3.8, 4) is 5.75 Å². The van der Waals surface area contributed by atoms with E-state index in [0.717, 1.165) is 15.6 Å². The van der Waals surface area contributed by atoms with E-state index in [4.69, 9.17) is 4.74 Å². The minimum Gasteiger partial charge on any atom is -0.488 e. The molecule has 0 saturated carbocycles. The summed E-state index contributed by atoms with van der Waals surface area (Å²) in [5.41, 5.74) is 1.90. The van der Waals surface area contributed by atoms with Crippen LogP contribution in [0, 0.1) is 0 Å². The van der Waals surface area contributed by atoms with Gasteiger partial charge in [-0.15, -0.1) is 0 Å². The molecular weight excluding hydrogens is 280 g/mol. The summed E-state index contributed by atoms with van der Waals surface area (Å²) in [5.74, 6) is 0.714. The average molecular weight is 293 g/mol. The molecule has 2 aromatic rings. The number of aliphatic hydroxyl groups is 1. The molecule has 2 rings (SSSR count). The Morgan fingerprint density at radius 2 is 1.82 bits per heavy atom. The third-order valence-corrected chi connectivity index (χ3v) is 2.93. The molecule has 0 aliphatic heterocycles. The van der Waals surface area contributed by atoms with Gasteiger partial charge in [-0.25, -0.2) is 0 Å². The van der Waals surface area contributed by atoms with Crippen LogP contribution in [0.5, 0.6) is 5.75 Å². The van der Waals surface area contributed by atoms with Gasteiger partial charge in [0.05, 0.1) is 6.61 Å². The van der Waals surface area contributed by atoms with Crippen LogP contribution in [0.4, 0.5) is 0 Å². The van der Waals surface area contributed by atoms with Crippen molar-refractivity contribution >= 4 is 15.9 Å². The first-order valence-electron chi connectivity index (χ1n) is 5.35. The fourth-order valence-corrected chi connectivity index (χ4v) is 1.87. The molecule has 0 amide bonds. The van der Waals surface area contributed by atoms with Gasteiger partial charge in [0.25, 0.3) is 0 Å². The van der Waals surface area contributed by atoms with Crippen molar-refractivity contribution in [3.05, 3.63) is 64.1 Å². The zero-order chi connectivity index (χ0) is 12.1. The smallest absolute Gasteiger partial charge is 0.126 e. The lowest BCUT2D eigenvalue weighted by atomic mass is 10.2. The predicted octanol–water partition coefficient (Wildman–Crippen LogP) is 3.52. The number of hydrogen-bond donors (Lipinski definition) is 1. The second-order valence-electron chi connectivity index (χ2n) is 3.68. The van der Waals surface area contributed by atoms with Crippen LogP contribution in [-0.4, -0.2) is 5.11 Å². The molecule has 0 saturated heterocycles. The lowest BCUT2D eigenvalue weighted by molar-refractivity contribution is 0.259. The van der Waals surface area contributed by atoms with Gasteiger partial charge in [-0.3, -0.25) is 0 Å². The van der Waals surface area contributed by atoms with Crippen molar-refractivity contribution in [1.82, 2.24) is 0 Å². The van der Waals surface area contributed by atoms with Crippen molar-refractivity contribution in [2.45, 2.75) is 13.2 Å². The fraction of sp³-hybridized carbons (Fsp3) is 0.143. The highest BCUT2D eigenvalue weighted by molar-refractivity contribution is 9.10. The number of aliphatic hydroxyl groups excluding tert-OH is 1. The quantitative estimate of drug-likeness (QED) is 0.934. The zero-order valence-corrected chi connectivity index (χ0v) is 10.9. The van der Waals surface area contributed by atoms with Gasteiger partial charge in [0.15, 0.2) is 0 Å². The Hall–Kier alpha value is -1.32. The fourth-order valence-electron chi connectivity index (χ4n) is 1.53. The maximum atomic E-state index is 9.21. The number of benzene rings is 2. The van der Waals surface area contributed by atoms with Gasteiger partial charge in [0.1, 0.15) is 12.4 Å². The third-order valence-electron chi connectivity index (χ3n) is 2.44. The molecule has 0 unspecified atom stereocenters. The van der Waals surface area contributed by atoms with E-state index in [9.17, 15) is 5.11 Å². The number of hydrogen-bond acceptors (Lipinski definition) is 2. The van der Waals surface area contributed by atoms with Crippen LogP contribution in [0.15, 0.2) is 53.0 Å². The summed E-state index contributed by atoms with van der Waals surface area (Å²) >= 11 is 3.39. The van der Waals surface area contributed by atoms with Crippen LogP contribution in [0.1, 0.15) is 11.1 Å². The molecule has 2 aromatic carbocycles. The summed E-state index contributed by atoms with van der Waals surface area (Å²) in [7, 11) is 0. The highest BCUT2D eigenvalue weighted by atomic mass is 79.9. The number of halogens is 1. The second-order valence-corrected chi connectivity index (χ2v) is 4.60. The molecule has 88 valence electrons. The molecular formula is C14H13BrO2. The third kappa shape index (κ3) is 3.32. The van der Waals surface area contributed by atoms with Crippen molar-refractivity contribution < 1.29 is 9.84 Å². The molecule has 0 fully saturated rings. The summed E-state index contributed by atoms with van der Waals surface area (Å²) in [5, 5.41) is 9.21. The van der Waals surface area contributed by atoms with Gasteiger partial charge in [-0.05, 0) is 17.7 Å². The topological polar surface area (TPSA) is 29.5 Å². The maximum absolute atomic E-state index is 9.21. The van der Waals surface area contributed by atoms with Crippen LogP contribution in [0.3, 0.4) is 0 Å². The summed E-state index contributed by atoms with van der Waals surface area (Å²) in [6, 6.07) is 15.6. The molecule has 0 radical (unpaired) electrons. The van der Waals surface area contributed by atoms with E-state index in [2.05, 4.69) is 15.9 Å². The second kappa shape index (κ2) is 5.84. The van der Waals surface area contributed by atoms with E-state index in [-0.39, 0.29) is 6.61 Å². The molecule has 3 heteroatoms. The van der Waals surface area contributed by atoms with Crippen molar-refractivity contribution in [2.75, 3.05) is 0 Å². The first-order valence-corrected chi connectivity index (χ1v) is 6.15. The molecule has 0 aliphatic rings. The molecule has 2 nitrogen and oxygen atoms in total. The summed E-state index contributed by atoms with van der Waals surface area (Å²) in [4.78, 5) is 0. The highest BCUT2D eigenvalue weighted by Gasteiger charge is 2.03. The van der Waals surface area contributed by atoms with Gasteiger partial charge in [0.2, 0.25) is 0 Å². The summed E-state index contributed by atoms with van der Waals surface area (Å²) in [6.07, 6.45) is 0. The van der Waals surface area contributed by atoms with Gasteiger partial charge in [0, 0.05) is 10.0 Å². The highest BCUT2D eigenvalue weighted by Crippen LogP contribution is 2.24. The molecule has 1 N–H and O–H groups in total. The van der Waals surface area contributed by atoms with E-state index in [1.54, 1.807) is 0 Å². The average Bonchev–Trinajstić information content (AvgIpc) is 2.38. The SMILES string of the molecule is OCc1ccc(Br)cc1OCc1ccccc1. The van der Waals surface area contributed by atoms with Gasteiger partial charge in [-0.1, -0.05) is 52.3 Å². The Bertz CT molecular complexity index is 483. The number of rotatable bonds is 4. The van der Waals surface area contributed by atoms with E-state index in [1.165, 1.54) is 0 Å². The molecule has 17 heavy (non-hydrogen) atoms. The molecule has 0 spiro atoms. The molecule has 0 aliphatic carbocycles. The molecule has 0 heterocycles. The van der Waals surface area contributed by atoms with Gasteiger partial charge in [-0.2, -0.15) is 0 Å². The molecule has 0 aromatic heterocycles. The first kappa shape index (κ1) is 12.1. The van der Waals surface area contributed by atoms with Crippen molar-refractivity contribution in [2.24, 2.45) is 0 Å². The van der Waals surface area contributed by atoms with Crippen LogP contribution >= 0.6 is 15.9 Å². The predicted molar refractivity (Wildman–Crippen MR) is 70.8 cm³/mol. The van der Waals surface area contributed by atoms with E-state index >= 15 is 0 Å². The molecule has 0 atom stereocenters. The van der Waals surface area contributed by atoms with Crippen LogP contribution in [0.25, 0.3) is 0 Å². The van der Waals surface area contributed by atoms with Gasteiger partial charge >= 0.3 is 0 Å². The minimum absolute atomic E-state index is 0.0165. The van der Waals surface area contributed by atoms with Crippen molar-refractivity contribution in [1.29, 1.82) is 0 Å². The Kier molecular flexibility index (Phi) is 4.18. The lowest BCUT2D eigenvalue weighted by Gasteiger charge is -2.10. The van der Waals surface area contributed by atoms with Crippen LogP contribution in [0.2, 0.25) is 0 Å². The Morgan fingerprint density at radius 1 is 1.06 bits per heavy atom. The number of ether oxygens (including phenoxy) is 1. The zero-order valence-electron chi connectivity index (χ0n) is 9.27. The normalized spacial score (nSPS) is 10.2. The Labute approximate surface area is 109 Å². The molecule has 0 bridgehead atoms. The van der Waals surface area contributed by atoms with Crippen LogP contribution < -0.4 is 4.74 Å².